The molecule has 2 rings (SSSR count). The van der Waals surface area contributed by atoms with E-state index in [9.17, 15) is 9.90 Å². The molecule has 0 amide bonds. The summed E-state index contributed by atoms with van der Waals surface area (Å²) >= 11 is 5.90. The average Bonchev–Trinajstić information content (AvgIpc) is 2.58. The van der Waals surface area contributed by atoms with Crippen molar-refractivity contribution in [2.24, 2.45) is 0 Å². The van der Waals surface area contributed by atoms with Gasteiger partial charge in [0.1, 0.15) is 30.8 Å². The molecule has 0 saturated heterocycles. The number of benzene rings is 2. The first-order valence-electron chi connectivity index (χ1n) is 7.04. The van der Waals surface area contributed by atoms with Gasteiger partial charge in [0.15, 0.2) is 6.61 Å². The molecule has 2 aromatic rings. The second-order valence-corrected chi connectivity index (χ2v) is 5.09. The van der Waals surface area contributed by atoms with Crippen molar-refractivity contribution in [2.45, 2.75) is 6.10 Å². The van der Waals surface area contributed by atoms with Crippen molar-refractivity contribution in [1.29, 1.82) is 0 Å². The van der Waals surface area contributed by atoms with Crippen LogP contribution in [-0.2, 0) is 9.53 Å². The molecule has 122 valence electrons. The molecule has 1 N–H and O–H groups in total. The van der Waals surface area contributed by atoms with Crippen LogP contribution >= 0.6 is 11.6 Å². The van der Waals surface area contributed by atoms with Gasteiger partial charge in [-0.2, -0.15) is 0 Å². The van der Waals surface area contributed by atoms with Gasteiger partial charge < -0.3 is 19.3 Å². The van der Waals surface area contributed by atoms with Gasteiger partial charge in [0.2, 0.25) is 0 Å². The summed E-state index contributed by atoms with van der Waals surface area (Å²) in [6, 6.07) is 15.9. The summed E-state index contributed by atoms with van der Waals surface area (Å²) in [5, 5.41) is 10.1. The largest absolute Gasteiger partial charge is 0.491 e. The number of halogens is 1. The SMILES string of the molecule is O=C(COc1ccccc1Cl)OCC(O)COc1ccccc1. The average molecular weight is 337 g/mol. The lowest BCUT2D eigenvalue weighted by atomic mass is 10.3. The minimum absolute atomic E-state index is 0.0304. The second-order valence-electron chi connectivity index (χ2n) is 4.68. The predicted octanol–water partition coefficient (Wildman–Crippen LogP) is 2.70. The Morgan fingerprint density at radius 3 is 2.43 bits per heavy atom. The predicted molar refractivity (Wildman–Crippen MR) is 85.8 cm³/mol. The lowest BCUT2D eigenvalue weighted by Crippen LogP contribution is -2.27. The van der Waals surface area contributed by atoms with Crippen LogP contribution in [0.3, 0.4) is 0 Å². The second kappa shape index (κ2) is 9.02. The van der Waals surface area contributed by atoms with Gasteiger partial charge in [-0.05, 0) is 24.3 Å². The fourth-order valence-corrected chi connectivity index (χ4v) is 1.88. The number of esters is 1. The van der Waals surface area contributed by atoms with Gasteiger partial charge in [-0.15, -0.1) is 0 Å². The standard InChI is InChI=1S/C17H17ClO5/c18-15-8-4-5-9-16(15)22-12-17(20)23-11-13(19)10-21-14-6-2-1-3-7-14/h1-9,13,19H,10-12H2. The first-order chi connectivity index (χ1) is 11.1. The molecule has 0 fully saturated rings. The molecule has 0 saturated carbocycles. The summed E-state index contributed by atoms with van der Waals surface area (Å²) in [5.74, 6) is 0.447. The Hall–Kier alpha value is -2.24. The highest BCUT2D eigenvalue weighted by molar-refractivity contribution is 6.32. The van der Waals surface area contributed by atoms with E-state index in [0.29, 0.717) is 16.5 Å². The molecule has 0 bridgehead atoms. The Morgan fingerprint density at radius 2 is 1.70 bits per heavy atom. The zero-order valence-corrected chi connectivity index (χ0v) is 13.1. The van der Waals surface area contributed by atoms with Crippen LogP contribution in [0.25, 0.3) is 0 Å². The van der Waals surface area contributed by atoms with Crippen LogP contribution in [-0.4, -0.2) is 37.0 Å². The van der Waals surface area contributed by atoms with Crippen LogP contribution < -0.4 is 9.47 Å². The van der Waals surface area contributed by atoms with Crippen molar-refractivity contribution < 1.29 is 24.1 Å². The first-order valence-corrected chi connectivity index (χ1v) is 7.42. The molecule has 0 spiro atoms. The van der Waals surface area contributed by atoms with Gasteiger partial charge in [0.05, 0.1) is 5.02 Å². The lowest BCUT2D eigenvalue weighted by Gasteiger charge is -2.13. The molecule has 0 aromatic heterocycles. The van der Waals surface area contributed by atoms with Crippen LogP contribution in [0.2, 0.25) is 5.02 Å². The van der Waals surface area contributed by atoms with E-state index in [-0.39, 0.29) is 19.8 Å². The number of rotatable bonds is 8. The normalized spacial score (nSPS) is 11.6. The molecule has 2 aromatic carbocycles. The molecule has 0 radical (unpaired) electrons. The summed E-state index contributed by atoms with van der Waals surface area (Å²) in [6.07, 6.45) is -0.917. The Balaban J connectivity index is 1.65. The quantitative estimate of drug-likeness (QED) is 0.751. The number of para-hydroxylation sites is 2. The molecule has 0 heterocycles. The maximum absolute atomic E-state index is 11.6. The highest BCUT2D eigenvalue weighted by Gasteiger charge is 2.11. The molecular weight excluding hydrogens is 320 g/mol. The van der Waals surface area contributed by atoms with E-state index in [0.717, 1.165) is 0 Å². The van der Waals surface area contributed by atoms with Crippen LogP contribution in [0, 0.1) is 0 Å². The van der Waals surface area contributed by atoms with E-state index in [1.807, 2.05) is 18.2 Å². The summed E-state index contributed by atoms with van der Waals surface area (Å²) in [6.45, 7) is -0.420. The minimum Gasteiger partial charge on any atom is -0.491 e. The molecule has 5 nitrogen and oxygen atoms in total. The summed E-state index contributed by atoms with van der Waals surface area (Å²) < 4.78 is 15.5. The van der Waals surface area contributed by atoms with Gasteiger partial charge in [-0.25, -0.2) is 4.79 Å². The molecule has 1 atom stereocenters. The summed E-state index contributed by atoms with van der Waals surface area (Å²) in [5.41, 5.74) is 0. The van der Waals surface area contributed by atoms with E-state index in [1.54, 1.807) is 36.4 Å². The topological polar surface area (TPSA) is 65.0 Å². The van der Waals surface area contributed by atoms with Crippen LogP contribution in [0.4, 0.5) is 0 Å². The van der Waals surface area contributed by atoms with Gasteiger partial charge in [-0.1, -0.05) is 41.9 Å². The van der Waals surface area contributed by atoms with Crippen LogP contribution in [0.5, 0.6) is 11.5 Å². The fraction of sp³-hybridized carbons (Fsp3) is 0.235. The number of ether oxygens (including phenoxy) is 3. The first kappa shape index (κ1) is 17.1. The molecule has 23 heavy (non-hydrogen) atoms. The Kier molecular flexibility index (Phi) is 6.72. The monoisotopic (exact) mass is 336 g/mol. The van der Waals surface area contributed by atoms with Gasteiger partial charge >= 0.3 is 5.97 Å². The lowest BCUT2D eigenvalue weighted by molar-refractivity contribution is -0.149. The zero-order chi connectivity index (χ0) is 16.5. The highest BCUT2D eigenvalue weighted by Crippen LogP contribution is 2.22. The molecule has 6 heteroatoms. The number of hydrogen-bond acceptors (Lipinski definition) is 5. The third kappa shape index (κ3) is 6.18. The number of carbonyl (C=O) groups excluding carboxylic acids is 1. The minimum atomic E-state index is -0.917. The van der Waals surface area contributed by atoms with Crippen molar-refractivity contribution in [2.75, 3.05) is 19.8 Å². The smallest absolute Gasteiger partial charge is 0.344 e. The third-order valence-corrected chi connectivity index (χ3v) is 3.12. The van der Waals surface area contributed by atoms with Crippen molar-refractivity contribution in [3.63, 3.8) is 0 Å². The van der Waals surface area contributed by atoms with Crippen molar-refractivity contribution >= 4 is 17.6 Å². The van der Waals surface area contributed by atoms with Crippen LogP contribution in [0.1, 0.15) is 0 Å². The van der Waals surface area contributed by atoms with Gasteiger partial charge in [-0.3, -0.25) is 0 Å². The van der Waals surface area contributed by atoms with E-state index in [4.69, 9.17) is 25.8 Å². The van der Waals surface area contributed by atoms with Crippen molar-refractivity contribution in [1.82, 2.24) is 0 Å². The number of aliphatic hydroxyl groups is 1. The van der Waals surface area contributed by atoms with Crippen molar-refractivity contribution in [3.8, 4) is 11.5 Å². The summed E-state index contributed by atoms with van der Waals surface area (Å²) in [7, 11) is 0. The van der Waals surface area contributed by atoms with Crippen molar-refractivity contribution in [3.05, 3.63) is 59.6 Å². The number of hydrogen-bond donors (Lipinski definition) is 1. The number of aliphatic hydroxyl groups excluding tert-OH is 1. The molecule has 0 aliphatic heterocycles. The zero-order valence-electron chi connectivity index (χ0n) is 12.4. The van der Waals surface area contributed by atoms with E-state index in [1.165, 1.54) is 0 Å². The Labute approximate surface area is 139 Å². The fourth-order valence-electron chi connectivity index (χ4n) is 1.69. The molecule has 0 aliphatic rings. The molecule has 0 aliphatic carbocycles. The van der Waals surface area contributed by atoms with Gasteiger partial charge in [0, 0.05) is 0 Å². The van der Waals surface area contributed by atoms with E-state index < -0.39 is 12.1 Å². The molecule has 1 unspecified atom stereocenters. The third-order valence-electron chi connectivity index (χ3n) is 2.80. The van der Waals surface area contributed by atoms with Gasteiger partial charge in [0.25, 0.3) is 0 Å². The summed E-state index contributed by atoms with van der Waals surface area (Å²) in [4.78, 5) is 11.6. The Bertz CT molecular complexity index is 617. The van der Waals surface area contributed by atoms with E-state index >= 15 is 0 Å². The maximum atomic E-state index is 11.6. The number of carbonyl (C=O) groups is 1. The van der Waals surface area contributed by atoms with Crippen LogP contribution in [0.15, 0.2) is 54.6 Å². The Morgan fingerprint density at radius 1 is 1.00 bits per heavy atom. The molecular formula is C17H17ClO5. The highest BCUT2D eigenvalue weighted by atomic mass is 35.5. The van der Waals surface area contributed by atoms with E-state index in [2.05, 4.69) is 0 Å². The maximum Gasteiger partial charge on any atom is 0.344 e.